The number of unbranched alkanes of at least 4 members (excludes halogenated alkanes) is 4. The molecular weight excluding hydrogens is 364 g/mol. The highest BCUT2D eigenvalue weighted by Gasteiger charge is 2.34. The summed E-state index contributed by atoms with van der Waals surface area (Å²) in [5.74, 6) is 0.785. The summed E-state index contributed by atoms with van der Waals surface area (Å²) in [5, 5.41) is 2.11. The van der Waals surface area contributed by atoms with Gasteiger partial charge >= 0.3 is 0 Å². The number of aromatic nitrogens is 1. The normalized spacial score (nSPS) is 19.4. The Labute approximate surface area is 179 Å². The van der Waals surface area contributed by atoms with Crippen molar-refractivity contribution in [1.82, 2.24) is 4.37 Å². The molecule has 0 saturated heterocycles. The summed E-state index contributed by atoms with van der Waals surface area (Å²) in [6, 6.07) is 0. The van der Waals surface area contributed by atoms with E-state index in [1.165, 1.54) is 54.8 Å². The van der Waals surface area contributed by atoms with Crippen LogP contribution in [0, 0.1) is 6.92 Å². The average Bonchev–Trinajstić information content (AvgIpc) is 3.10. The van der Waals surface area contributed by atoms with Gasteiger partial charge in [-0.2, -0.15) is 4.37 Å². The Morgan fingerprint density at radius 2 is 1.86 bits per heavy atom. The predicted octanol–water partition coefficient (Wildman–Crippen LogP) is 7.58. The molecule has 1 aliphatic rings. The van der Waals surface area contributed by atoms with Crippen LogP contribution in [0.2, 0.25) is 0 Å². The van der Waals surface area contributed by atoms with E-state index in [1.807, 2.05) is 20.8 Å². The van der Waals surface area contributed by atoms with Gasteiger partial charge in [0.15, 0.2) is 0 Å². The van der Waals surface area contributed by atoms with Crippen molar-refractivity contribution < 1.29 is 9.22 Å². The molecule has 28 heavy (non-hydrogen) atoms. The lowest BCUT2D eigenvalue weighted by Gasteiger charge is -2.41. The zero-order chi connectivity index (χ0) is 21.6. The van der Waals surface area contributed by atoms with E-state index >= 15 is 0 Å². The summed E-state index contributed by atoms with van der Waals surface area (Å²) in [7, 11) is 2.25. The van der Waals surface area contributed by atoms with Gasteiger partial charge < -0.3 is 4.74 Å². The lowest BCUT2D eigenvalue weighted by Crippen LogP contribution is -2.54. The van der Waals surface area contributed by atoms with Gasteiger partial charge in [-0.3, -0.25) is 4.48 Å². The van der Waals surface area contributed by atoms with Crippen molar-refractivity contribution in [1.29, 1.82) is 0 Å². The molecule has 0 aliphatic carbocycles. The Balaban J connectivity index is 0.000000688. The lowest BCUT2D eigenvalue weighted by atomic mass is 10.0. The van der Waals surface area contributed by atoms with Crippen molar-refractivity contribution in [2.75, 3.05) is 20.1 Å². The number of nitrogens with zero attached hydrogens (tertiary/aromatic N) is 2. The molecule has 3 nitrogen and oxygen atoms in total. The van der Waals surface area contributed by atoms with Crippen molar-refractivity contribution in [3.8, 4) is 0 Å². The molecule has 0 aromatic carbocycles. The largest absolute Gasteiger partial charge is 0.448 e. The molecule has 0 radical (unpaired) electrons. The van der Waals surface area contributed by atoms with Crippen molar-refractivity contribution in [2.24, 2.45) is 0 Å². The zero-order valence-electron chi connectivity index (χ0n) is 19.8. The summed E-state index contributed by atoms with van der Waals surface area (Å²) in [6.07, 6.45) is 10.5. The maximum absolute atomic E-state index is 5.82. The van der Waals surface area contributed by atoms with Gasteiger partial charge in [-0.1, -0.05) is 72.5 Å². The molecule has 0 N–H and O–H groups in total. The second kappa shape index (κ2) is 14.8. The molecule has 2 rings (SSSR count). The predicted molar refractivity (Wildman–Crippen MR) is 127 cm³/mol. The van der Waals surface area contributed by atoms with Gasteiger partial charge in [0, 0.05) is 24.3 Å². The quantitative estimate of drug-likeness (QED) is 0.251. The van der Waals surface area contributed by atoms with Crippen molar-refractivity contribution >= 4 is 17.1 Å². The molecule has 0 spiro atoms. The van der Waals surface area contributed by atoms with Gasteiger partial charge in [-0.05, 0) is 30.9 Å². The third-order valence-corrected chi connectivity index (χ3v) is 5.82. The number of likely N-dealkylation sites (N-methyl/N-ethyl adjacent to an activating group) is 1. The van der Waals surface area contributed by atoms with E-state index < -0.39 is 0 Å². The standard InChI is InChI=1S/C15H23N2OS.C7H16.C2H6/c1-11(2)18-13(4)17(5)8-6-7-14(9-17)15-12(3)10-19-16-15;1-3-5-7-6-4-2;1-2/h7,10,13H,1,6,8-9H2,2-5H3;3-7H2,1-2H3;1-2H3/q+1;;. The monoisotopic (exact) mass is 409 g/mol. The molecule has 4 heteroatoms. The average molecular weight is 410 g/mol. The first kappa shape index (κ1) is 26.9. The van der Waals surface area contributed by atoms with Crippen molar-refractivity contribution in [3.05, 3.63) is 35.1 Å². The Morgan fingerprint density at radius 1 is 1.25 bits per heavy atom. The molecule has 0 amide bonds. The molecule has 162 valence electrons. The summed E-state index contributed by atoms with van der Waals surface area (Å²) in [4.78, 5) is 0. The highest BCUT2D eigenvalue weighted by molar-refractivity contribution is 7.03. The summed E-state index contributed by atoms with van der Waals surface area (Å²) in [6.45, 7) is 20.6. The zero-order valence-corrected chi connectivity index (χ0v) is 20.6. The fourth-order valence-corrected chi connectivity index (χ4v) is 3.93. The van der Waals surface area contributed by atoms with Crippen LogP contribution >= 0.6 is 11.5 Å². The van der Waals surface area contributed by atoms with Crippen LogP contribution in [0.1, 0.15) is 91.3 Å². The van der Waals surface area contributed by atoms with Crippen molar-refractivity contribution in [2.45, 2.75) is 93.2 Å². The van der Waals surface area contributed by atoms with Crippen LogP contribution in [0.15, 0.2) is 23.8 Å². The highest BCUT2D eigenvalue weighted by Crippen LogP contribution is 2.29. The van der Waals surface area contributed by atoms with Gasteiger partial charge in [-0.15, -0.1) is 0 Å². The van der Waals surface area contributed by atoms with E-state index in [0.29, 0.717) is 0 Å². The molecule has 2 unspecified atom stereocenters. The molecule has 2 heterocycles. The number of rotatable bonds is 8. The van der Waals surface area contributed by atoms with Gasteiger partial charge in [0.05, 0.1) is 25.0 Å². The Hall–Kier alpha value is -1.13. The molecule has 0 saturated carbocycles. The van der Waals surface area contributed by atoms with Gasteiger partial charge in [0.25, 0.3) is 0 Å². The summed E-state index contributed by atoms with van der Waals surface area (Å²) in [5.41, 5.74) is 3.79. The maximum Gasteiger partial charge on any atom is 0.230 e. The van der Waals surface area contributed by atoms with E-state index in [4.69, 9.17) is 4.74 Å². The molecule has 0 fully saturated rings. The Morgan fingerprint density at radius 3 is 2.32 bits per heavy atom. The first-order chi connectivity index (χ1) is 13.3. The molecule has 2 atom stereocenters. The third kappa shape index (κ3) is 9.38. The fourth-order valence-electron chi connectivity index (χ4n) is 3.24. The summed E-state index contributed by atoms with van der Waals surface area (Å²) >= 11 is 1.54. The van der Waals surface area contributed by atoms with Gasteiger partial charge in [0.1, 0.15) is 6.54 Å². The van der Waals surface area contributed by atoms with Crippen LogP contribution in [0.4, 0.5) is 0 Å². The first-order valence-electron chi connectivity index (χ1n) is 11.1. The van der Waals surface area contributed by atoms with Gasteiger partial charge in [-0.25, -0.2) is 0 Å². The van der Waals surface area contributed by atoms with E-state index in [2.05, 4.69) is 57.2 Å². The molecule has 1 aromatic rings. The van der Waals surface area contributed by atoms with Crippen LogP contribution < -0.4 is 0 Å². The number of allylic oxidation sites excluding steroid dienone is 1. The maximum atomic E-state index is 5.82. The smallest absolute Gasteiger partial charge is 0.230 e. The minimum absolute atomic E-state index is 0.125. The Bertz CT molecular complexity index is 575. The van der Waals surface area contributed by atoms with E-state index in [-0.39, 0.29) is 6.23 Å². The Kier molecular flexibility index (Phi) is 14.2. The van der Waals surface area contributed by atoms with Crippen LogP contribution in [-0.2, 0) is 4.74 Å². The third-order valence-electron chi connectivity index (χ3n) is 5.07. The second-order valence-corrected chi connectivity index (χ2v) is 8.33. The molecule has 1 aromatic heterocycles. The molecular formula is C24H45N2OS+. The van der Waals surface area contributed by atoms with E-state index in [1.54, 1.807) is 0 Å². The SMILES string of the molecule is C=C(C)OC(C)[N+]1(C)CCC=C(c2nscc2C)C1.CC.CCCCCCC. The minimum atomic E-state index is 0.125. The fraction of sp³-hybridized carbons (Fsp3) is 0.708. The first-order valence-corrected chi connectivity index (χ1v) is 11.9. The number of ether oxygens (including phenoxy) is 1. The minimum Gasteiger partial charge on any atom is -0.448 e. The number of aryl methyl sites for hydroxylation is 1. The van der Waals surface area contributed by atoms with Crippen LogP contribution in [0.25, 0.3) is 5.57 Å². The molecule has 0 bridgehead atoms. The van der Waals surface area contributed by atoms with E-state index in [0.717, 1.165) is 35.4 Å². The number of hydrogen-bond donors (Lipinski definition) is 0. The summed E-state index contributed by atoms with van der Waals surface area (Å²) < 4.78 is 11.2. The topological polar surface area (TPSA) is 22.1 Å². The van der Waals surface area contributed by atoms with Crippen LogP contribution in [0.5, 0.6) is 0 Å². The van der Waals surface area contributed by atoms with Crippen molar-refractivity contribution in [3.63, 3.8) is 0 Å². The van der Waals surface area contributed by atoms with Crippen LogP contribution in [0.3, 0.4) is 0 Å². The van der Waals surface area contributed by atoms with E-state index in [9.17, 15) is 0 Å². The highest BCUT2D eigenvalue weighted by atomic mass is 32.1. The van der Waals surface area contributed by atoms with Crippen LogP contribution in [-0.4, -0.2) is 35.2 Å². The number of hydrogen-bond acceptors (Lipinski definition) is 3. The lowest BCUT2D eigenvalue weighted by molar-refractivity contribution is -0.946. The molecule has 1 aliphatic heterocycles. The van der Waals surface area contributed by atoms with Gasteiger partial charge in [0.2, 0.25) is 6.23 Å². The number of quaternary nitrogens is 1. The second-order valence-electron chi connectivity index (χ2n) is 7.71.